The highest BCUT2D eigenvalue weighted by atomic mass is 79.9. The van der Waals surface area contributed by atoms with Crippen molar-refractivity contribution in [3.05, 3.63) is 0 Å². The van der Waals surface area contributed by atoms with Gasteiger partial charge >= 0.3 is 5.97 Å². The maximum absolute atomic E-state index is 10.7. The average Bonchev–Trinajstić information content (AvgIpc) is 1.95. The van der Waals surface area contributed by atoms with Gasteiger partial charge in [-0.1, -0.05) is 15.9 Å². The highest BCUT2D eigenvalue weighted by Gasteiger charge is 2.15. The number of hydrogen-bond acceptors (Lipinski definition) is 5. The van der Waals surface area contributed by atoms with Gasteiger partial charge in [0.2, 0.25) is 0 Å². The van der Waals surface area contributed by atoms with E-state index in [1.165, 1.54) is 6.92 Å². The van der Waals surface area contributed by atoms with Crippen LogP contribution in [0.4, 0.5) is 0 Å². The molecule has 78 valence electrons. The Morgan fingerprint density at radius 2 is 2.08 bits per heavy atom. The van der Waals surface area contributed by atoms with Crippen molar-refractivity contribution in [1.82, 2.24) is 0 Å². The zero-order valence-corrected chi connectivity index (χ0v) is 9.72. The molecule has 0 rings (SSSR count). The molecule has 0 aliphatic rings. The van der Waals surface area contributed by atoms with E-state index in [9.17, 15) is 13.2 Å². The topological polar surface area (TPSA) is 69.7 Å². The van der Waals surface area contributed by atoms with Gasteiger partial charge in [-0.3, -0.25) is 8.98 Å². The zero-order chi connectivity index (χ0) is 10.5. The van der Waals surface area contributed by atoms with Crippen LogP contribution in [0.25, 0.3) is 0 Å². The van der Waals surface area contributed by atoms with Gasteiger partial charge in [0.1, 0.15) is 12.7 Å². The molecule has 0 heterocycles. The van der Waals surface area contributed by atoms with E-state index >= 15 is 0 Å². The van der Waals surface area contributed by atoms with Crippen molar-refractivity contribution in [2.75, 3.05) is 18.2 Å². The van der Waals surface area contributed by atoms with E-state index < -0.39 is 22.2 Å². The summed E-state index contributed by atoms with van der Waals surface area (Å²) in [5.41, 5.74) is 0. The van der Waals surface area contributed by atoms with Crippen LogP contribution in [0.3, 0.4) is 0 Å². The molecule has 0 aromatic heterocycles. The fourth-order valence-corrected chi connectivity index (χ4v) is 1.67. The second-order valence-corrected chi connectivity index (χ2v) is 4.63. The smallest absolute Gasteiger partial charge is 0.302 e. The van der Waals surface area contributed by atoms with Crippen molar-refractivity contribution in [2.45, 2.75) is 13.0 Å². The number of carbonyl (C=O) groups is 1. The molecule has 0 spiro atoms. The van der Waals surface area contributed by atoms with E-state index in [0.717, 1.165) is 6.26 Å². The summed E-state index contributed by atoms with van der Waals surface area (Å²) in [6, 6.07) is 0. The highest BCUT2D eigenvalue weighted by Crippen LogP contribution is 2.02. The predicted molar refractivity (Wildman–Crippen MR) is 50.1 cm³/mol. The predicted octanol–water partition coefficient (Wildman–Crippen LogP) is 0.289. The van der Waals surface area contributed by atoms with Crippen LogP contribution < -0.4 is 0 Å². The van der Waals surface area contributed by atoms with Crippen LogP contribution in [-0.4, -0.2) is 38.7 Å². The van der Waals surface area contributed by atoms with E-state index in [2.05, 4.69) is 24.8 Å². The summed E-state index contributed by atoms with van der Waals surface area (Å²) in [5, 5.41) is 0.285. The first-order valence-electron chi connectivity index (χ1n) is 3.42. The van der Waals surface area contributed by atoms with Gasteiger partial charge < -0.3 is 4.74 Å². The third-order valence-electron chi connectivity index (χ3n) is 0.955. The third-order valence-corrected chi connectivity index (χ3v) is 2.30. The monoisotopic (exact) mass is 274 g/mol. The summed E-state index contributed by atoms with van der Waals surface area (Å²) in [7, 11) is -3.50. The molecule has 1 atom stereocenters. The average molecular weight is 275 g/mol. The Bertz CT molecular complexity index is 260. The van der Waals surface area contributed by atoms with Crippen LogP contribution >= 0.6 is 15.9 Å². The van der Waals surface area contributed by atoms with Gasteiger partial charge in [0, 0.05) is 12.3 Å². The molecule has 0 radical (unpaired) electrons. The quantitative estimate of drug-likeness (QED) is 0.410. The first-order chi connectivity index (χ1) is 5.85. The number of ether oxygens (including phenoxy) is 1. The number of hydrogen-bond donors (Lipinski definition) is 0. The molecule has 0 N–H and O–H groups in total. The van der Waals surface area contributed by atoms with Gasteiger partial charge in [0.15, 0.2) is 0 Å². The molecule has 0 fully saturated rings. The molecule has 13 heavy (non-hydrogen) atoms. The summed E-state index contributed by atoms with van der Waals surface area (Å²) in [6.45, 7) is 1.17. The number of rotatable bonds is 5. The molecule has 0 saturated heterocycles. The van der Waals surface area contributed by atoms with Crippen molar-refractivity contribution < 1.29 is 22.1 Å². The lowest BCUT2D eigenvalue weighted by Gasteiger charge is -2.12. The number of halogens is 1. The van der Waals surface area contributed by atoms with Gasteiger partial charge in [-0.25, -0.2) is 0 Å². The Morgan fingerprint density at radius 3 is 2.38 bits per heavy atom. The molecule has 0 amide bonds. The summed E-state index contributed by atoms with van der Waals surface area (Å²) >= 11 is 3.04. The maximum Gasteiger partial charge on any atom is 0.302 e. The minimum absolute atomic E-state index is 0.0757. The number of esters is 1. The van der Waals surface area contributed by atoms with E-state index in [4.69, 9.17) is 0 Å². The molecule has 0 saturated carbocycles. The molecular weight excluding hydrogens is 264 g/mol. The fraction of sp³-hybridized carbons (Fsp3) is 0.833. The lowest BCUT2D eigenvalue weighted by molar-refractivity contribution is -0.142. The summed E-state index contributed by atoms with van der Waals surface area (Å²) in [5.74, 6) is -0.469. The fourth-order valence-electron chi connectivity index (χ4n) is 0.556. The Balaban J connectivity index is 3.98. The minimum Gasteiger partial charge on any atom is -0.463 e. The lowest BCUT2D eigenvalue weighted by atomic mass is 10.4. The standard InChI is InChI=1S/C6H11BrO5S/c1-5(8)11-4-6(3-7)12-13(2,9)10/h6H,3-4H2,1-2H3. The largest absolute Gasteiger partial charge is 0.463 e. The molecule has 0 aliphatic heterocycles. The van der Waals surface area contributed by atoms with Crippen molar-refractivity contribution in [1.29, 1.82) is 0 Å². The Hall–Kier alpha value is -0.140. The Kier molecular flexibility index (Phi) is 5.50. The van der Waals surface area contributed by atoms with Crippen LogP contribution in [0.1, 0.15) is 6.92 Å². The van der Waals surface area contributed by atoms with E-state index in [-0.39, 0.29) is 11.9 Å². The van der Waals surface area contributed by atoms with Crippen LogP contribution in [0, 0.1) is 0 Å². The molecule has 0 bridgehead atoms. The van der Waals surface area contributed by atoms with Crippen LogP contribution in [0.15, 0.2) is 0 Å². The van der Waals surface area contributed by atoms with Crippen LogP contribution in [0.2, 0.25) is 0 Å². The maximum atomic E-state index is 10.7. The second kappa shape index (κ2) is 5.56. The van der Waals surface area contributed by atoms with Gasteiger partial charge in [0.25, 0.3) is 10.1 Å². The molecule has 5 nitrogen and oxygen atoms in total. The van der Waals surface area contributed by atoms with Crippen molar-refractivity contribution in [3.63, 3.8) is 0 Å². The Morgan fingerprint density at radius 1 is 1.54 bits per heavy atom. The van der Waals surface area contributed by atoms with Gasteiger partial charge in [-0.2, -0.15) is 8.42 Å². The Labute approximate surface area is 85.7 Å². The lowest BCUT2D eigenvalue weighted by Crippen LogP contribution is -2.25. The van der Waals surface area contributed by atoms with E-state index in [1.54, 1.807) is 0 Å². The van der Waals surface area contributed by atoms with Gasteiger partial charge in [0.05, 0.1) is 6.26 Å². The first kappa shape index (κ1) is 12.9. The SMILES string of the molecule is CC(=O)OCC(CBr)OS(C)(=O)=O. The third kappa shape index (κ3) is 8.20. The van der Waals surface area contributed by atoms with Gasteiger partial charge in [-0.15, -0.1) is 0 Å². The van der Waals surface area contributed by atoms with Crippen molar-refractivity contribution in [2.24, 2.45) is 0 Å². The number of alkyl halides is 1. The highest BCUT2D eigenvalue weighted by molar-refractivity contribution is 9.09. The molecule has 0 aromatic rings. The van der Waals surface area contributed by atoms with Crippen LogP contribution in [-0.2, 0) is 23.8 Å². The second-order valence-electron chi connectivity index (χ2n) is 2.38. The summed E-state index contributed by atoms with van der Waals surface area (Å²) in [4.78, 5) is 10.4. The van der Waals surface area contributed by atoms with E-state index in [0.29, 0.717) is 0 Å². The zero-order valence-electron chi connectivity index (χ0n) is 7.32. The minimum atomic E-state index is -3.50. The normalized spacial score (nSPS) is 13.8. The molecule has 1 unspecified atom stereocenters. The van der Waals surface area contributed by atoms with Crippen molar-refractivity contribution in [3.8, 4) is 0 Å². The van der Waals surface area contributed by atoms with Gasteiger partial charge in [-0.05, 0) is 0 Å². The number of carbonyl (C=O) groups excluding carboxylic acids is 1. The first-order valence-corrected chi connectivity index (χ1v) is 6.36. The molecular formula is C6H11BrO5S. The summed E-state index contributed by atoms with van der Waals surface area (Å²) in [6.07, 6.45) is 0.273. The molecule has 7 heteroatoms. The van der Waals surface area contributed by atoms with Crippen LogP contribution in [0.5, 0.6) is 0 Å². The summed E-state index contributed by atoms with van der Waals surface area (Å²) < 4.78 is 30.5. The van der Waals surface area contributed by atoms with Crippen molar-refractivity contribution >= 4 is 32.0 Å². The molecule has 0 aliphatic carbocycles. The molecule has 0 aromatic carbocycles. The van der Waals surface area contributed by atoms with E-state index in [1.807, 2.05) is 0 Å².